The molecule has 0 radical (unpaired) electrons. The van der Waals surface area contributed by atoms with Gasteiger partial charge in [0.05, 0.1) is 25.4 Å². The van der Waals surface area contributed by atoms with Gasteiger partial charge in [0.2, 0.25) is 5.91 Å². The number of carbonyl (C=O) groups excluding carboxylic acids is 1. The summed E-state index contributed by atoms with van der Waals surface area (Å²) in [6.45, 7) is 2.13. The van der Waals surface area contributed by atoms with Crippen LogP contribution >= 0.6 is 0 Å². The smallest absolute Gasteiger partial charge is 0.229 e. The predicted octanol–water partition coefficient (Wildman–Crippen LogP) is 4.58. The number of carbonyl (C=O) groups is 1. The zero-order valence-corrected chi connectivity index (χ0v) is 15.5. The second-order valence-corrected chi connectivity index (χ2v) is 6.18. The van der Waals surface area contributed by atoms with Gasteiger partial charge in [-0.1, -0.05) is 31.2 Å². The van der Waals surface area contributed by atoms with Crippen molar-refractivity contribution < 1.29 is 9.53 Å². The molecule has 0 unspecified atom stereocenters. The molecule has 2 aromatic carbocycles. The lowest BCUT2D eigenvalue weighted by Gasteiger charge is -2.09. The predicted molar refractivity (Wildman–Crippen MR) is 109 cm³/mol. The van der Waals surface area contributed by atoms with Crippen molar-refractivity contribution in [2.24, 2.45) is 0 Å². The Morgan fingerprint density at radius 2 is 1.59 bits per heavy atom. The molecule has 0 aliphatic heterocycles. The zero-order chi connectivity index (χ0) is 19.1. The molecule has 0 aliphatic rings. The third kappa shape index (κ3) is 5.31. The van der Waals surface area contributed by atoms with Crippen LogP contribution in [0.2, 0.25) is 0 Å². The van der Waals surface area contributed by atoms with Gasteiger partial charge in [0.25, 0.3) is 0 Å². The molecule has 0 atom stereocenters. The van der Waals surface area contributed by atoms with Crippen molar-refractivity contribution in [2.75, 3.05) is 17.7 Å². The van der Waals surface area contributed by atoms with E-state index in [2.05, 4.69) is 34.7 Å². The van der Waals surface area contributed by atoms with Crippen molar-refractivity contribution >= 4 is 23.1 Å². The number of pyridine rings is 1. The minimum absolute atomic E-state index is 0.108. The lowest BCUT2D eigenvalue weighted by molar-refractivity contribution is -0.115. The van der Waals surface area contributed by atoms with E-state index in [0.717, 1.165) is 29.1 Å². The van der Waals surface area contributed by atoms with Gasteiger partial charge in [-0.05, 0) is 53.9 Å². The SMILES string of the molecule is CCc1ccc(Nc2ccc(NC(=O)Cc3ccc(OC)cc3)nc2)cc1. The summed E-state index contributed by atoms with van der Waals surface area (Å²) in [5.41, 5.74) is 4.09. The maximum Gasteiger partial charge on any atom is 0.229 e. The molecule has 0 fully saturated rings. The van der Waals surface area contributed by atoms with Crippen LogP contribution in [0.3, 0.4) is 0 Å². The summed E-state index contributed by atoms with van der Waals surface area (Å²) < 4.78 is 5.12. The van der Waals surface area contributed by atoms with Crippen molar-refractivity contribution in [3.63, 3.8) is 0 Å². The highest BCUT2D eigenvalue weighted by Gasteiger charge is 2.06. The summed E-state index contributed by atoms with van der Waals surface area (Å²) in [7, 11) is 1.62. The number of benzene rings is 2. The van der Waals surface area contributed by atoms with Crippen molar-refractivity contribution in [3.05, 3.63) is 78.0 Å². The zero-order valence-electron chi connectivity index (χ0n) is 15.5. The quantitative estimate of drug-likeness (QED) is 0.647. The van der Waals surface area contributed by atoms with E-state index < -0.39 is 0 Å². The number of nitrogens with zero attached hydrogens (tertiary/aromatic N) is 1. The molecule has 1 aromatic heterocycles. The molecule has 1 amide bonds. The number of hydrogen-bond acceptors (Lipinski definition) is 4. The van der Waals surface area contributed by atoms with E-state index in [1.54, 1.807) is 19.4 Å². The van der Waals surface area contributed by atoms with Crippen LogP contribution in [0.4, 0.5) is 17.2 Å². The number of amides is 1. The maximum absolute atomic E-state index is 12.2. The average Bonchev–Trinajstić information content (AvgIpc) is 2.70. The number of methoxy groups -OCH3 is 1. The van der Waals surface area contributed by atoms with Gasteiger partial charge in [0.1, 0.15) is 11.6 Å². The molecule has 0 saturated heterocycles. The first-order chi connectivity index (χ1) is 13.2. The Bertz CT molecular complexity index is 873. The van der Waals surface area contributed by atoms with Gasteiger partial charge >= 0.3 is 0 Å². The van der Waals surface area contributed by atoms with E-state index in [0.29, 0.717) is 5.82 Å². The molecule has 27 heavy (non-hydrogen) atoms. The summed E-state index contributed by atoms with van der Waals surface area (Å²) >= 11 is 0. The monoisotopic (exact) mass is 361 g/mol. The van der Waals surface area contributed by atoms with Crippen LogP contribution in [0.5, 0.6) is 5.75 Å². The number of ether oxygens (including phenoxy) is 1. The van der Waals surface area contributed by atoms with Crippen LogP contribution in [0.15, 0.2) is 66.9 Å². The Morgan fingerprint density at radius 1 is 0.926 bits per heavy atom. The lowest BCUT2D eigenvalue weighted by atomic mass is 10.1. The summed E-state index contributed by atoms with van der Waals surface area (Å²) in [6.07, 6.45) is 3.01. The summed E-state index contributed by atoms with van der Waals surface area (Å²) in [4.78, 5) is 16.5. The number of anilines is 3. The van der Waals surface area contributed by atoms with Gasteiger partial charge in [0.15, 0.2) is 0 Å². The molecule has 5 nitrogen and oxygen atoms in total. The van der Waals surface area contributed by atoms with Crippen LogP contribution in [-0.2, 0) is 17.6 Å². The van der Waals surface area contributed by atoms with Crippen molar-refractivity contribution in [3.8, 4) is 5.75 Å². The van der Waals surface area contributed by atoms with Gasteiger partial charge in [-0.15, -0.1) is 0 Å². The second kappa shape index (κ2) is 8.85. The highest BCUT2D eigenvalue weighted by molar-refractivity contribution is 5.91. The Kier molecular flexibility index (Phi) is 6.05. The van der Waals surface area contributed by atoms with Crippen molar-refractivity contribution in [1.29, 1.82) is 0 Å². The van der Waals surface area contributed by atoms with Gasteiger partial charge in [-0.25, -0.2) is 4.98 Å². The number of aromatic nitrogens is 1. The van der Waals surface area contributed by atoms with E-state index in [-0.39, 0.29) is 12.3 Å². The first-order valence-electron chi connectivity index (χ1n) is 8.91. The van der Waals surface area contributed by atoms with E-state index in [9.17, 15) is 4.79 Å². The Hall–Kier alpha value is -3.34. The van der Waals surface area contributed by atoms with Gasteiger partial charge < -0.3 is 15.4 Å². The Balaban J connectivity index is 1.55. The van der Waals surface area contributed by atoms with Gasteiger partial charge in [-0.2, -0.15) is 0 Å². The molecule has 3 rings (SSSR count). The topological polar surface area (TPSA) is 63.2 Å². The van der Waals surface area contributed by atoms with Crippen LogP contribution in [0, 0.1) is 0 Å². The second-order valence-electron chi connectivity index (χ2n) is 6.18. The van der Waals surface area contributed by atoms with Gasteiger partial charge in [0, 0.05) is 5.69 Å². The van der Waals surface area contributed by atoms with Crippen LogP contribution < -0.4 is 15.4 Å². The fourth-order valence-electron chi connectivity index (χ4n) is 2.65. The highest BCUT2D eigenvalue weighted by atomic mass is 16.5. The normalized spacial score (nSPS) is 10.3. The largest absolute Gasteiger partial charge is 0.497 e. The first kappa shape index (κ1) is 18.5. The van der Waals surface area contributed by atoms with Crippen LogP contribution in [0.1, 0.15) is 18.1 Å². The molecule has 0 spiro atoms. The van der Waals surface area contributed by atoms with Gasteiger partial charge in [-0.3, -0.25) is 4.79 Å². The standard InChI is InChI=1S/C22H23N3O2/c1-3-16-4-8-18(9-5-16)24-19-10-13-21(23-15-19)25-22(26)14-17-6-11-20(27-2)12-7-17/h4-13,15,24H,3,14H2,1-2H3,(H,23,25,26). The van der Waals surface area contributed by atoms with Crippen LogP contribution in [-0.4, -0.2) is 18.0 Å². The molecule has 0 saturated carbocycles. The minimum Gasteiger partial charge on any atom is -0.497 e. The van der Waals surface area contributed by atoms with Crippen molar-refractivity contribution in [2.45, 2.75) is 19.8 Å². The lowest BCUT2D eigenvalue weighted by Crippen LogP contribution is -2.15. The maximum atomic E-state index is 12.2. The molecule has 0 bridgehead atoms. The van der Waals surface area contributed by atoms with Crippen LogP contribution in [0.25, 0.3) is 0 Å². The third-order valence-electron chi connectivity index (χ3n) is 4.21. The molecule has 2 N–H and O–H groups in total. The molecule has 5 heteroatoms. The van der Waals surface area contributed by atoms with E-state index in [1.807, 2.05) is 42.5 Å². The average molecular weight is 361 g/mol. The molecule has 3 aromatic rings. The number of hydrogen-bond donors (Lipinski definition) is 2. The first-order valence-corrected chi connectivity index (χ1v) is 8.91. The number of nitrogens with one attached hydrogen (secondary N) is 2. The fraction of sp³-hybridized carbons (Fsp3) is 0.182. The van der Waals surface area contributed by atoms with Crippen molar-refractivity contribution in [1.82, 2.24) is 4.98 Å². The highest BCUT2D eigenvalue weighted by Crippen LogP contribution is 2.18. The molecule has 1 heterocycles. The molecular weight excluding hydrogens is 338 g/mol. The minimum atomic E-state index is -0.108. The van der Waals surface area contributed by atoms with E-state index in [4.69, 9.17) is 4.74 Å². The number of aryl methyl sites for hydroxylation is 1. The molecule has 0 aliphatic carbocycles. The Labute approximate surface area is 159 Å². The number of rotatable bonds is 7. The fourth-order valence-corrected chi connectivity index (χ4v) is 2.65. The summed E-state index contributed by atoms with van der Waals surface area (Å²) in [6, 6.07) is 19.4. The Morgan fingerprint density at radius 3 is 2.19 bits per heavy atom. The molecule has 138 valence electrons. The van der Waals surface area contributed by atoms with E-state index in [1.165, 1.54) is 5.56 Å². The van der Waals surface area contributed by atoms with E-state index >= 15 is 0 Å². The summed E-state index contributed by atoms with van der Waals surface area (Å²) in [5, 5.41) is 6.12. The molecular formula is C22H23N3O2. The summed E-state index contributed by atoms with van der Waals surface area (Å²) in [5.74, 6) is 1.19. The third-order valence-corrected chi connectivity index (χ3v) is 4.21.